The number of piperidine rings is 1. The summed E-state index contributed by atoms with van der Waals surface area (Å²) in [6, 6.07) is 10.7. The second-order valence-corrected chi connectivity index (χ2v) is 8.63. The van der Waals surface area contributed by atoms with Crippen LogP contribution in [0.25, 0.3) is 0 Å². The molecular weight excluding hydrogens is 284 g/mol. The van der Waals surface area contributed by atoms with E-state index in [4.69, 9.17) is 0 Å². The highest BCUT2D eigenvalue weighted by Gasteiger charge is 2.36. The van der Waals surface area contributed by atoms with Crippen molar-refractivity contribution < 1.29 is 8.42 Å². The lowest BCUT2D eigenvalue weighted by Crippen LogP contribution is -2.51. The molecule has 2 saturated heterocycles. The standard InChI is InChI=1S/C16H24N2O2S/c19-21(20)12-10-18(11-13-21)14-16(6-8-17-9-7-16)15-4-2-1-3-5-15/h1-5,17H,6-14H2. The number of sulfone groups is 1. The van der Waals surface area contributed by atoms with Crippen LogP contribution < -0.4 is 5.32 Å². The fourth-order valence-corrected chi connectivity index (χ4v) is 4.85. The van der Waals surface area contributed by atoms with Crippen molar-refractivity contribution >= 4 is 9.84 Å². The van der Waals surface area contributed by atoms with Crippen LogP contribution in [0.1, 0.15) is 18.4 Å². The number of hydrogen-bond donors (Lipinski definition) is 1. The van der Waals surface area contributed by atoms with Crippen molar-refractivity contribution in [3.63, 3.8) is 0 Å². The molecule has 0 radical (unpaired) electrons. The Morgan fingerprint density at radius 1 is 1.05 bits per heavy atom. The zero-order chi connectivity index (χ0) is 14.8. The topological polar surface area (TPSA) is 49.4 Å². The first-order chi connectivity index (χ1) is 10.1. The van der Waals surface area contributed by atoms with E-state index in [-0.39, 0.29) is 5.41 Å². The summed E-state index contributed by atoms with van der Waals surface area (Å²) < 4.78 is 23.2. The van der Waals surface area contributed by atoms with Crippen LogP contribution in [0.5, 0.6) is 0 Å². The molecule has 0 unspecified atom stereocenters. The molecule has 2 aliphatic heterocycles. The molecular formula is C16H24N2O2S. The predicted octanol–water partition coefficient (Wildman–Crippen LogP) is 1.04. The summed E-state index contributed by atoms with van der Waals surface area (Å²) in [6.45, 7) is 4.44. The van der Waals surface area contributed by atoms with Crippen LogP contribution in [0.2, 0.25) is 0 Å². The number of benzene rings is 1. The molecule has 3 rings (SSSR count). The van der Waals surface area contributed by atoms with Crippen LogP contribution in [0, 0.1) is 0 Å². The molecule has 0 spiro atoms. The number of nitrogens with zero attached hydrogens (tertiary/aromatic N) is 1. The van der Waals surface area contributed by atoms with Crippen LogP contribution >= 0.6 is 0 Å². The van der Waals surface area contributed by atoms with E-state index in [0.717, 1.165) is 32.5 Å². The summed E-state index contributed by atoms with van der Waals surface area (Å²) in [5, 5.41) is 3.45. The second-order valence-electron chi connectivity index (χ2n) is 6.32. The average Bonchev–Trinajstić information content (AvgIpc) is 2.51. The molecule has 0 amide bonds. The molecule has 5 heteroatoms. The minimum atomic E-state index is -2.79. The van der Waals surface area contributed by atoms with Crippen molar-refractivity contribution in [2.24, 2.45) is 0 Å². The average molecular weight is 308 g/mol. The first-order valence-electron chi connectivity index (χ1n) is 7.79. The fourth-order valence-electron chi connectivity index (χ4n) is 3.57. The van der Waals surface area contributed by atoms with Gasteiger partial charge in [-0.05, 0) is 31.5 Å². The fraction of sp³-hybridized carbons (Fsp3) is 0.625. The van der Waals surface area contributed by atoms with E-state index in [9.17, 15) is 8.42 Å². The Hall–Kier alpha value is -0.910. The van der Waals surface area contributed by atoms with Crippen molar-refractivity contribution in [3.8, 4) is 0 Å². The van der Waals surface area contributed by atoms with E-state index in [1.807, 2.05) is 0 Å². The second kappa shape index (κ2) is 6.07. The molecule has 0 atom stereocenters. The molecule has 1 aromatic carbocycles. The first kappa shape index (κ1) is 15.0. The zero-order valence-electron chi connectivity index (χ0n) is 12.4. The minimum Gasteiger partial charge on any atom is -0.317 e. The van der Waals surface area contributed by atoms with Gasteiger partial charge in [0, 0.05) is 25.0 Å². The zero-order valence-corrected chi connectivity index (χ0v) is 13.2. The Bertz CT molecular complexity index is 551. The Kier molecular flexibility index (Phi) is 4.33. The van der Waals surface area contributed by atoms with Crippen molar-refractivity contribution in [2.75, 3.05) is 44.2 Å². The normalized spacial score (nSPS) is 25.5. The summed E-state index contributed by atoms with van der Waals surface area (Å²) in [7, 11) is -2.79. The predicted molar refractivity (Wildman–Crippen MR) is 85.3 cm³/mol. The Morgan fingerprint density at radius 2 is 1.67 bits per heavy atom. The van der Waals surface area contributed by atoms with Gasteiger partial charge in [-0.15, -0.1) is 0 Å². The maximum Gasteiger partial charge on any atom is 0.152 e. The Morgan fingerprint density at radius 3 is 2.29 bits per heavy atom. The van der Waals surface area contributed by atoms with Crippen LogP contribution in [0.3, 0.4) is 0 Å². The summed E-state index contributed by atoms with van der Waals surface area (Å²) in [6.07, 6.45) is 2.25. The lowest BCUT2D eigenvalue weighted by molar-refractivity contribution is 0.183. The third kappa shape index (κ3) is 3.47. The van der Waals surface area contributed by atoms with E-state index in [0.29, 0.717) is 24.6 Å². The van der Waals surface area contributed by atoms with E-state index < -0.39 is 9.84 Å². The minimum absolute atomic E-state index is 0.174. The van der Waals surface area contributed by atoms with Crippen molar-refractivity contribution in [2.45, 2.75) is 18.3 Å². The molecule has 2 fully saturated rings. The van der Waals surface area contributed by atoms with Gasteiger partial charge in [-0.1, -0.05) is 30.3 Å². The van der Waals surface area contributed by atoms with Gasteiger partial charge in [-0.3, -0.25) is 0 Å². The highest BCUT2D eigenvalue weighted by Crippen LogP contribution is 2.34. The highest BCUT2D eigenvalue weighted by atomic mass is 32.2. The molecule has 1 N–H and O–H groups in total. The van der Waals surface area contributed by atoms with Crippen molar-refractivity contribution in [3.05, 3.63) is 35.9 Å². The quantitative estimate of drug-likeness (QED) is 0.906. The van der Waals surface area contributed by atoms with E-state index in [2.05, 4.69) is 40.5 Å². The van der Waals surface area contributed by atoms with Gasteiger partial charge in [0.05, 0.1) is 11.5 Å². The lowest BCUT2D eigenvalue weighted by Gasteiger charge is -2.43. The summed E-state index contributed by atoms with van der Waals surface area (Å²) in [5.41, 5.74) is 1.58. The van der Waals surface area contributed by atoms with Gasteiger partial charge in [-0.2, -0.15) is 0 Å². The third-order valence-electron chi connectivity index (χ3n) is 4.91. The summed E-state index contributed by atoms with van der Waals surface area (Å²) in [4.78, 5) is 2.35. The molecule has 2 heterocycles. The van der Waals surface area contributed by atoms with Gasteiger partial charge in [0.15, 0.2) is 9.84 Å². The molecule has 0 saturated carbocycles. The lowest BCUT2D eigenvalue weighted by atomic mass is 9.72. The Labute approximate surface area is 127 Å². The molecule has 0 aromatic heterocycles. The monoisotopic (exact) mass is 308 g/mol. The van der Waals surface area contributed by atoms with Crippen LogP contribution in [0.4, 0.5) is 0 Å². The molecule has 116 valence electrons. The van der Waals surface area contributed by atoms with E-state index in [1.54, 1.807) is 0 Å². The maximum atomic E-state index is 11.6. The first-order valence-corrected chi connectivity index (χ1v) is 9.61. The third-order valence-corrected chi connectivity index (χ3v) is 6.52. The molecule has 1 aromatic rings. The number of hydrogen-bond acceptors (Lipinski definition) is 4. The largest absolute Gasteiger partial charge is 0.317 e. The van der Waals surface area contributed by atoms with E-state index in [1.165, 1.54) is 5.56 Å². The van der Waals surface area contributed by atoms with Gasteiger partial charge in [0.1, 0.15) is 0 Å². The molecule has 0 aliphatic carbocycles. The molecule has 2 aliphatic rings. The van der Waals surface area contributed by atoms with Gasteiger partial charge in [0.2, 0.25) is 0 Å². The van der Waals surface area contributed by atoms with Gasteiger partial charge in [-0.25, -0.2) is 8.42 Å². The SMILES string of the molecule is O=S1(=O)CCN(CC2(c3ccccc3)CCNCC2)CC1. The van der Waals surface area contributed by atoms with Crippen molar-refractivity contribution in [1.29, 1.82) is 0 Å². The van der Waals surface area contributed by atoms with Crippen LogP contribution in [-0.4, -0.2) is 57.5 Å². The van der Waals surface area contributed by atoms with Crippen molar-refractivity contribution in [1.82, 2.24) is 10.2 Å². The highest BCUT2D eigenvalue weighted by molar-refractivity contribution is 7.91. The Balaban J connectivity index is 1.77. The molecule has 4 nitrogen and oxygen atoms in total. The number of rotatable bonds is 3. The van der Waals surface area contributed by atoms with Gasteiger partial charge >= 0.3 is 0 Å². The van der Waals surface area contributed by atoms with Gasteiger partial charge < -0.3 is 10.2 Å². The van der Waals surface area contributed by atoms with Crippen LogP contribution in [-0.2, 0) is 15.3 Å². The molecule has 21 heavy (non-hydrogen) atoms. The van der Waals surface area contributed by atoms with Gasteiger partial charge in [0.25, 0.3) is 0 Å². The summed E-state index contributed by atoms with van der Waals surface area (Å²) in [5.74, 6) is 0.631. The summed E-state index contributed by atoms with van der Waals surface area (Å²) >= 11 is 0. The maximum absolute atomic E-state index is 11.6. The smallest absolute Gasteiger partial charge is 0.152 e. The van der Waals surface area contributed by atoms with Crippen LogP contribution in [0.15, 0.2) is 30.3 Å². The number of nitrogens with one attached hydrogen (secondary N) is 1. The molecule has 0 bridgehead atoms. The van der Waals surface area contributed by atoms with E-state index >= 15 is 0 Å².